The van der Waals surface area contributed by atoms with Gasteiger partial charge in [-0.05, 0) is 47.5 Å². The third-order valence-corrected chi connectivity index (χ3v) is 3.45. The van der Waals surface area contributed by atoms with Gasteiger partial charge in [0.25, 0.3) is 0 Å². The largest absolute Gasteiger partial charge is 0.343 e. The maximum Gasteiger partial charge on any atom is 0.249 e. The topological polar surface area (TPSA) is 49.4 Å². The Bertz CT molecular complexity index is 533. The van der Waals surface area contributed by atoms with Crippen LogP contribution in [0.15, 0.2) is 16.6 Å². The minimum Gasteiger partial charge on any atom is -0.343 e. The lowest BCUT2D eigenvalue weighted by atomic mass is 10.1. The number of halogens is 2. The van der Waals surface area contributed by atoms with Crippen LogP contribution in [-0.2, 0) is 9.59 Å². The van der Waals surface area contributed by atoms with E-state index in [4.69, 9.17) is 0 Å². The van der Waals surface area contributed by atoms with Crippen molar-refractivity contribution in [2.45, 2.75) is 19.9 Å². The molecule has 0 bridgehead atoms. The summed E-state index contributed by atoms with van der Waals surface area (Å²) in [6.07, 6.45) is 0. The predicted molar refractivity (Wildman–Crippen MR) is 68.8 cm³/mol. The summed E-state index contributed by atoms with van der Waals surface area (Å²) >= 11 is 3.08. The molecule has 1 fully saturated rings. The van der Waals surface area contributed by atoms with Crippen LogP contribution < -0.4 is 10.2 Å². The van der Waals surface area contributed by atoms with Crippen molar-refractivity contribution >= 4 is 33.4 Å². The molecule has 1 N–H and O–H groups in total. The molecular formula is C12H12BrFN2O2. The molecule has 0 saturated carbocycles. The standard InChI is InChI=1S/C12H12BrFN2O2/c1-6-3-9(14)8(13)4-10(6)16-5-11(17)15-7(2)12(16)18/h3-4,7H,5H2,1-2H3,(H,15,17). The van der Waals surface area contributed by atoms with Crippen LogP contribution in [0.5, 0.6) is 0 Å². The molecule has 1 heterocycles. The summed E-state index contributed by atoms with van der Waals surface area (Å²) in [4.78, 5) is 24.9. The number of nitrogens with one attached hydrogen (secondary N) is 1. The van der Waals surface area contributed by atoms with Gasteiger partial charge in [0.15, 0.2) is 0 Å². The first-order valence-corrected chi connectivity index (χ1v) is 6.26. The van der Waals surface area contributed by atoms with Crippen LogP contribution >= 0.6 is 15.9 Å². The highest BCUT2D eigenvalue weighted by Crippen LogP contribution is 2.28. The summed E-state index contributed by atoms with van der Waals surface area (Å²) in [5, 5.41) is 2.56. The molecule has 0 aliphatic carbocycles. The van der Waals surface area contributed by atoms with E-state index in [1.54, 1.807) is 13.8 Å². The van der Waals surface area contributed by atoms with Gasteiger partial charge in [-0.2, -0.15) is 0 Å². The zero-order chi connectivity index (χ0) is 13.4. The highest BCUT2D eigenvalue weighted by molar-refractivity contribution is 9.10. The minimum atomic E-state index is -0.561. The lowest BCUT2D eigenvalue weighted by molar-refractivity contribution is -0.130. The van der Waals surface area contributed by atoms with Gasteiger partial charge in [0.05, 0.1) is 4.47 Å². The molecular weight excluding hydrogens is 303 g/mol. The van der Waals surface area contributed by atoms with Gasteiger partial charge in [-0.25, -0.2) is 4.39 Å². The number of anilines is 1. The van der Waals surface area contributed by atoms with Gasteiger partial charge < -0.3 is 10.2 Å². The van der Waals surface area contributed by atoms with Crippen molar-refractivity contribution in [3.8, 4) is 0 Å². The van der Waals surface area contributed by atoms with Gasteiger partial charge >= 0.3 is 0 Å². The van der Waals surface area contributed by atoms with Crippen molar-refractivity contribution in [1.82, 2.24) is 5.32 Å². The van der Waals surface area contributed by atoms with Crippen molar-refractivity contribution in [2.24, 2.45) is 0 Å². The van der Waals surface area contributed by atoms with Crippen LogP contribution in [0, 0.1) is 12.7 Å². The number of nitrogens with zero attached hydrogens (tertiary/aromatic N) is 1. The predicted octanol–water partition coefficient (Wildman–Crippen LogP) is 1.75. The lowest BCUT2D eigenvalue weighted by Gasteiger charge is -2.31. The zero-order valence-corrected chi connectivity index (χ0v) is 11.5. The molecule has 18 heavy (non-hydrogen) atoms. The Balaban J connectivity index is 2.44. The number of aryl methyl sites for hydroxylation is 1. The second-order valence-electron chi connectivity index (χ2n) is 4.27. The van der Waals surface area contributed by atoms with Gasteiger partial charge in [0.2, 0.25) is 11.8 Å². The molecule has 0 spiro atoms. The van der Waals surface area contributed by atoms with Crippen molar-refractivity contribution in [1.29, 1.82) is 0 Å². The molecule has 4 nitrogen and oxygen atoms in total. The Kier molecular flexibility index (Phi) is 3.38. The Hall–Kier alpha value is -1.43. The van der Waals surface area contributed by atoms with E-state index in [9.17, 15) is 14.0 Å². The Labute approximate surface area is 112 Å². The first-order valence-electron chi connectivity index (χ1n) is 5.46. The molecule has 1 atom stereocenters. The smallest absolute Gasteiger partial charge is 0.249 e. The van der Waals surface area contributed by atoms with Crippen molar-refractivity contribution in [3.63, 3.8) is 0 Å². The van der Waals surface area contributed by atoms with E-state index in [-0.39, 0.29) is 22.8 Å². The maximum atomic E-state index is 13.3. The highest BCUT2D eigenvalue weighted by atomic mass is 79.9. The third kappa shape index (κ3) is 2.25. The number of amides is 2. The van der Waals surface area contributed by atoms with Gasteiger partial charge in [-0.15, -0.1) is 0 Å². The molecule has 6 heteroatoms. The van der Waals surface area contributed by atoms with E-state index >= 15 is 0 Å². The van der Waals surface area contributed by atoms with E-state index in [1.807, 2.05) is 0 Å². The minimum absolute atomic E-state index is 0.0396. The Morgan fingerprint density at radius 3 is 2.78 bits per heavy atom. The number of benzene rings is 1. The Morgan fingerprint density at radius 1 is 1.44 bits per heavy atom. The van der Waals surface area contributed by atoms with Crippen LogP contribution in [-0.4, -0.2) is 24.4 Å². The van der Waals surface area contributed by atoms with Crippen molar-refractivity contribution < 1.29 is 14.0 Å². The average molecular weight is 315 g/mol. The lowest BCUT2D eigenvalue weighted by Crippen LogP contribution is -2.57. The number of carbonyl (C=O) groups is 2. The van der Waals surface area contributed by atoms with E-state index in [0.29, 0.717) is 11.3 Å². The van der Waals surface area contributed by atoms with Crippen LogP contribution in [0.25, 0.3) is 0 Å². The van der Waals surface area contributed by atoms with Crippen molar-refractivity contribution in [3.05, 3.63) is 28.0 Å². The summed E-state index contributed by atoms with van der Waals surface area (Å²) in [6, 6.07) is 2.30. The summed E-state index contributed by atoms with van der Waals surface area (Å²) in [5.41, 5.74) is 1.17. The molecule has 1 aromatic rings. The van der Waals surface area contributed by atoms with E-state index in [1.165, 1.54) is 17.0 Å². The molecule has 96 valence electrons. The van der Waals surface area contributed by atoms with Crippen molar-refractivity contribution in [2.75, 3.05) is 11.4 Å². The number of hydrogen-bond donors (Lipinski definition) is 1. The molecule has 1 aliphatic rings. The number of rotatable bonds is 1. The van der Waals surface area contributed by atoms with Gasteiger partial charge in [-0.1, -0.05) is 0 Å². The van der Waals surface area contributed by atoms with Crippen LogP contribution in [0.2, 0.25) is 0 Å². The zero-order valence-electron chi connectivity index (χ0n) is 9.96. The van der Waals surface area contributed by atoms with E-state index in [2.05, 4.69) is 21.2 Å². The monoisotopic (exact) mass is 314 g/mol. The molecule has 1 saturated heterocycles. The molecule has 2 amide bonds. The normalized spacial score (nSPS) is 20.0. The fourth-order valence-electron chi connectivity index (χ4n) is 1.93. The van der Waals surface area contributed by atoms with Crippen LogP contribution in [0.3, 0.4) is 0 Å². The summed E-state index contributed by atoms with van der Waals surface area (Å²) in [7, 11) is 0. The fraction of sp³-hybridized carbons (Fsp3) is 0.333. The maximum absolute atomic E-state index is 13.3. The second-order valence-corrected chi connectivity index (χ2v) is 5.12. The molecule has 2 rings (SSSR count). The number of hydrogen-bond acceptors (Lipinski definition) is 2. The van der Waals surface area contributed by atoms with E-state index < -0.39 is 11.9 Å². The molecule has 0 radical (unpaired) electrons. The fourth-order valence-corrected chi connectivity index (χ4v) is 2.27. The number of piperazine rings is 1. The van der Waals surface area contributed by atoms with Gasteiger partial charge in [-0.3, -0.25) is 9.59 Å². The van der Waals surface area contributed by atoms with Gasteiger partial charge in [0.1, 0.15) is 18.4 Å². The molecule has 0 aromatic heterocycles. The van der Waals surface area contributed by atoms with E-state index in [0.717, 1.165) is 0 Å². The Morgan fingerprint density at radius 2 is 2.11 bits per heavy atom. The average Bonchev–Trinajstić information content (AvgIpc) is 2.29. The molecule has 1 unspecified atom stereocenters. The molecule has 1 aliphatic heterocycles. The highest BCUT2D eigenvalue weighted by Gasteiger charge is 2.31. The van der Waals surface area contributed by atoms with Gasteiger partial charge in [0, 0.05) is 5.69 Å². The third-order valence-electron chi connectivity index (χ3n) is 2.85. The van der Waals surface area contributed by atoms with Crippen LogP contribution in [0.1, 0.15) is 12.5 Å². The summed E-state index contributed by atoms with van der Waals surface area (Å²) in [6.45, 7) is 3.29. The first-order chi connectivity index (χ1) is 8.40. The number of carbonyl (C=O) groups excluding carboxylic acids is 2. The summed E-state index contributed by atoms with van der Waals surface area (Å²) in [5.74, 6) is -0.809. The summed E-state index contributed by atoms with van der Waals surface area (Å²) < 4.78 is 13.6. The van der Waals surface area contributed by atoms with Crippen LogP contribution in [0.4, 0.5) is 10.1 Å². The molecule has 1 aromatic carbocycles. The first kappa shape index (κ1) is 13.0. The SMILES string of the molecule is Cc1cc(F)c(Br)cc1N1CC(=O)NC(C)C1=O. The second kappa shape index (κ2) is 4.68. The quantitative estimate of drug-likeness (QED) is 0.858.